The minimum absolute atomic E-state index is 0.0148. The molecule has 1 rings (SSSR count). The number of rotatable bonds is 4. The summed E-state index contributed by atoms with van der Waals surface area (Å²) in [4.78, 5) is 10.9. The van der Waals surface area contributed by atoms with Crippen LogP contribution >= 0.6 is 0 Å². The van der Waals surface area contributed by atoms with Gasteiger partial charge in [-0.1, -0.05) is 20.3 Å². The zero-order valence-electron chi connectivity index (χ0n) is 7.58. The Kier molecular flexibility index (Phi) is 2.94. The van der Waals surface area contributed by atoms with Gasteiger partial charge in [-0.3, -0.25) is 0 Å². The molecule has 0 aliphatic heterocycles. The summed E-state index contributed by atoms with van der Waals surface area (Å²) in [6.07, 6.45) is 2.10. The number of aromatic nitrogens is 4. The number of hydrogen-bond acceptors (Lipinski definition) is 4. The number of carboxylic acids is 1. The van der Waals surface area contributed by atoms with Gasteiger partial charge in [0.2, 0.25) is 0 Å². The van der Waals surface area contributed by atoms with Crippen LogP contribution in [-0.4, -0.2) is 31.3 Å². The largest absolute Gasteiger partial charge is 0.480 e. The molecule has 13 heavy (non-hydrogen) atoms. The van der Waals surface area contributed by atoms with Gasteiger partial charge in [0.05, 0.1) is 0 Å². The van der Waals surface area contributed by atoms with Crippen molar-refractivity contribution in [2.45, 2.75) is 26.3 Å². The molecular weight excluding hydrogens is 172 g/mol. The van der Waals surface area contributed by atoms with Crippen LogP contribution in [0.5, 0.6) is 0 Å². The molecule has 1 aromatic rings. The standard InChI is InChI=1S/C7H12N4O2/c1-3-5(2)6(7(12)13)11-4-8-9-10-11/h4-6H,3H2,1-2H3,(H,12,13)/t5?,6-/m0/s1. The van der Waals surface area contributed by atoms with Crippen molar-refractivity contribution in [2.75, 3.05) is 0 Å². The Morgan fingerprint density at radius 3 is 2.77 bits per heavy atom. The maximum absolute atomic E-state index is 10.9. The summed E-state index contributed by atoms with van der Waals surface area (Å²) in [5.74, 6) is -0.886. The SMILES string of the molecule is CCC(C)[C@@H](C(=O)O)n1cnnn1. The lowest BCUT2D eigenvalue weighted by molar-refractivity contribution is -0.143. The normalized spacial score (nSPS) is 15.2. The van der Waals surface area contributed by atoms with E-state index >= 15 is 0 Å². The zero-order valence-corrected chi connectivity index (χ0v) is 7.58. The zero-order chi connectivity index (χ0) is 9.84. The molecular formula is C7H12N4O2. The molecule has 0 saturated carbocycles. The number of carboxylic acid groups (broad SMARTS) is 1. The molecule has 0 spiro atoms. The van der Waals surface area contributed by atoms with Gasteiger partial charge in [0.25, 0.3) is 0 Å². The number of carbonyl (C=O) groups is 1. The second kappa shape index (κ2) is 3.97. The molecule has 6 nitrogen and oxygen atoms in total. The van der Waals surface area contributed by atoms with Crippen molar-refractivity contribution in [1.29, 1.82) is 0 Å². The maximum atomic E-state index is 10.9. The van der Waals surface area contributed by atoms with Gasteiger partial charge in [0.1, 0.15) is 6.33 Å². The monoisotopic (exact) mass is 184 g/mol. The van der Waals surface area contributed by atoms with Crippen LogP contribution in [0, 0.1) is 5.92 Å². The van der Waals surface area contributed by atoms with E-state index in [1.54, 1.807) is 0 Å². The Balaban J connectivity index is 2.87. The van der Waals surface area contributed by atoms with Crippen molar-refractivity contribution >= 4 is 5.97 Å². The van der Waals surface area contributed by atoms with E-state index in [0.29, 0.717) is 0 Å². The fourth-order valence-electron chi connectivity index (χ4n) is 1.14. The van der Waals surface area contributed by atoms with E-state index < -0.39 is 12.0 Å². The van der Waals surface area contributed by atoms with Gasteiger partial charge < -0.3 is 5.11 Å². The Morgan fingerprint density at radius 2 is 2.38 bits per heavy atom. The average molecular weight is 184 g/mol. The molecule has 1 heterocycles. The molecule has 1 unspecified atom stereocenters. The highest BCUT2D eigenvalue weighted by Gasteiger charge is 2.26. The first-order valence-electron chi connectivity index (χ1n) is 4.12. The van der Waals surface area contributed by atoms with E-state index in [2.05, 4.69) is 15.5 Å². The fourth-order valence-corrected chi connectivity index (χ4v) is 1.14. The van der Waals surface area contributed by atoms with Crippen LogP contribution in [0.3, 0.4) is 0 Å². The van der Waals surface area contributed by atoms with Gasteiger partial charge >= 0.3 is 5.97 Å². The molecule has 0 bridgehead atoms. The lowest BCUT2D eigenvalue weighted by atomic mass is 10.00. The van der Waals surface area contributed by atoms with Gasteiger partial charge in [0.15, 0.2) is 6.04 Å². The smallest absolute Gasteiger partial charge is 0.328 e. The highest BCUT2D eigenvalue weighted by atomic mass is 16.4. The first-order valence-corrected chi connectivity index (χ1v) is 4.12. The summed E-state index contributed by atoms with van der Waals surface area (Å²) in [7, 11) is 0. The number of nitrogens with zero attached hydrogens (tertiary/aromatic N) is 4. The van der Waals surface area contributed by atoms with Gasteiger partial charge in [0, 0.05) is 0 Å². The molecule has 72 valence electrons. The van der Waals surface area contributed by atoms with E-state index in [-0.39, 0.29) is 5.92 Å². The topological polar surface area (TPSA) is 80.9 Å². The van der Waals surface area contributed by atoms with Gasteiger partial charge in [-0.05, 0) is 16.3 Å². The van der Waals surface area contributed by atoms with Crippen LogP contribution in [0.2, 0.25) is 0 Å². The van der Waals surface area contributed by atoms with Crippen molar-refractivity contribution < 1.29 is 9.90 Å². The molecule has 0 saturated heterocycles. The van der Waals surface area contributed by atoms with Gasteiger partial charge in [-0.25, -0.2) is 9.48 Å². The second-order valence-electron chi connectivity index (χ2n) is 2.96. The van der Waals surface area contributed by atoms with E-state index in [1.807, 2.05) is 13.8 Å². The lowest BCUT2D eigenvalue weighted by Gasteiger charge is -2.17. The molecule has 2 atom stereocenters. The summed E-state index contributed by atoms with van der Waals surface area (Å²) in [5, 5.41) is 19.3. The molecule has 1 N–H and O–H groups in total. The molecule has 0 aliphatic rings. The molecule has 0 radical (unpaired) electrons. The van der Waals surface area contributed by atoms with E-state index in [0.717, 1.165) is 6.42 Å². The first-order chi connectivity index (χ1) is 6.16. The van der Waals surface area contributed by atoms with Crippen LogP contribution in [0.4, 0.5) is 0 Å². The number of tetrazole rings is 1. The third-order valence-corrected chi connectivity index (χ3v) is 2.09. The third kappa shape index (κ3) is 2.01. The Hall–Kier alpha value is -1.46. The summed E-state index contributed by atoms with van der Waals surface area (Å²) in [5.41, 5.74) is 0. The highest BCUT2D eigenvalue weighted by molar-refractivity contribution is 5.71. The Morgan fingerprint density at radius 1 is 1.69 bits per heavy atom. The molecule has 1 aromatic heterocycles. The molecule has 0 amide bonds. The number of aliphatic carboxylic acids is 1. The van der Waals surface area contributed by atoms with Crippen LogP contribution in [-0.2, 0) is 4.79 Å². The van der Waals surface area contributed by atoms with Crippen molar-refractivity contribution in [3.05, 3.63) is 6.33 Å². The lowest BCUT2D eigenvalue weighted by Crippen LogP contribution is -2.25. The van der Waals surface area contributed by atoms with Crippen LogP contribution in [0.15, 0.2) is 6.33 Å². The van der Waals surface area contributed by atoms with Gasteiger partial charge in [-0.15, -0.1) is 5.10 Å². The summed E-state index contributed by atoms with van der Waals surface area (Å²) < 4.78 is 1.27. The minimum atomic E-state index is -0.901. The summed E-state index contributed by atoms with van der Waals surface area (Å²) >= 11 is 0. The molecule has 0 aromatic carbocycles. The fraction of sp³-hybridized carbons (Fsp3) is 0.714. The van der Waals surface area contributed by atoms with E-state index in [4.69, 9.17) is 5.11 Å². The summed E-state index contributed by atoms with van der Waals surface area (Å²) in [6, 6.07) is -0.667. The van der Waals surface area contributed by atoms with E-state index in [9.17, 15) is 4.79 Å². The Labute approximate surface area is 75.6 Å². The van der Waals surface area contributed by atoms with Crippen molar-refractivity contribution in [2.24, 2.45) is 5.92 Å². The first kappa shape index (κ1) is 9.63. The van der Waals surface area contributed by atoms with Crippen molar-refractivity contribution in [1.82, 2.24) is 20.2 Å². The maximum Gasteiger partial charge on any atom is 0.328 e. The molecule has 0 aliphatic carbocycles. The average Bonchev–Trinajstić information content (AvgIpc) is 2.56. The third-order valence-electron chi connectivity index (χ3n) is 2.09. The minimum Gasteiger partial charge on any atom is -0.480 e. The molecule has 0 fully saturated rings. The molecule has 6 heteroatoms. The summed E-state index contributed by atoms with van der Waals surface area (Å²) in [6.45, 7) is 3.80. The highest BCUT2D eigenvalue weighted by Crippen LogP contribution is 2.19. The van der Waals surface area contributed by atoms with Crippen LogP contribution < -0.4 is 0 Å². The predicted octanol–water partition coefficient (Wildman–Crippen LogP) is 0.345. The van der Waals surface area contributed by atoms with Crippen molar-refractivity contribution in [3.63, 3.8) is 0 Å². The van der Waals surface area contributed by atoms with Crippen LogP contribution in [0.1, 0.15) is 26.3 Å². The quantitative estimate of drug-likeness (QED) is 0.730. The number of hydrogen-bond donors (Lipinski definition) is 1. The van der Waals surface area contributed by atoms with E-state index in [1.165, 1.54) is 11.0 Å². The van der Waals surface area contributed by atoms with Crippen LogP contribution in [0.25, 0.3) is 0 Å². The predicted molar refractivity (Wildman–Crippen MR) is 43.9 cm³/mol. The van der Waals surface area contributed by atoms with Gasteiger partial charge in [-0.2, -0.15) is 0 Å². The van der Waals surface area contributed by atoms with Crippen molar-refractivity contribution in [3.8, 4) is 0 Å². The second-order valence-corrected chi connectivity index (χ2v) is 2.96. The Bertz CT molecular complexity index is 272.